The molecule has 0 aliphatic carbocycles. The van der Waals surface area contributed by atoms with Gasteiger partial charge in [-0.15, -0.1) is 0 Å². The lowest BCUT2D eigenvalue weighted by Crippen LogP contribution is -2.15. The largest absolute Gasteiger partial charge is 0.317 e. The van der Waals surface area contributed by atoms with Crippen LogP contribution in [0.25, 0.3) is 0 Å². The first-order chi connectivity index (χ1) is 11.8. The van der Waals surface area contributed by atoms with Gasteiger partial charge in [-0.2, -0.15) is 10.2 Å². The average Bonchev–Trinajstić information content (AvgIpc) is 3.01. The van der Waals surface area contributed by atoms with Gasteiger partial charge in [0.25, 0.3) is 5.91 Å². The van der Waals surface area contributed by atoms with Crippen LogP contribution in [0.3, 0.4) is 0 Å². The predicted molar refractivity (Wildman–Crippen MR) is 106 cm³/mol. The minimum atomic E-state index is -0.237. The van der Waals surface area contributed by atoms with E-state index in [0.717, 1.165) is 20.5 Å². The molecule has 0 spiro atoms. The van der Waals surface area contributed by atoms with Crippen molar-refractivity contribution in [1.82, 2.24) is 19.6 Å². The molecule has 0 fully saturated rings. The van der Waals surface area contributed by atoms with Crippen molar-refractivity contribution < 1.29 is 4.79 Å². The van der Waals surface area contributed by atoms with Gasteiger partial charge >= 0.3 is 0 Å². The maximum absolute atomic E-state index is 12.5. The second-order valence-electron chi connectivity index (χ2n) is 5.79. The Balaban J connectivity index is 1.84. The van der Waals surface area contributed by atoms with Gasteiger partial charge in [0.1, 0.15) is 0 Å². The quantitative estimate of drug-likeness (QED) is 0.591. The molecule has 1 aromatic carbocycles. The minimum Gasteiger partial charge on any atom is -0.317 e. The Bertz CT molecular complexity index is 947. The lowest BCUT2D eigenvalue weighted by atomic mass is 10.2. The number of carbonyl (C=O) groups excluding carboxylic acids is 1. The molecule has 0 atom stereocenters. The Labute approximate surface area is 164 Å². The number of aryl methyl sites for hydroxylation is 2. The maximum Gasteiger partial charge on any atom is 0.277 e. The highest BCUT2D eigenvalue weighted by atomic mass is 127. The molecule has 0 aliphatic heterocycles. The summed E-state index contributed by atoms with van der Waals surface area (Å²) in [7, 11) is 1.79. The number of carbonyl (C=O) groups is 1. The molecule has 0 bridgehead atoms. The van der Waals surface area contributed by atoms with Gasteiger partial charge in [-0.1, -0.05) is 23.7 Å². The van der Waals surface area contributed by atoms with Crippen molar-refractivity contribution in [2.75, 3.05) is 5.32 Å². The van der Waals surface area contributed by atoms with Crippen molar-refractivity contribution in [2.24, 2.45) is 7.05 Å². The van der Waals surface area contributed by atoms with Crippen LogP contribution in [0.15, 0.2) is 30.5 Å². The summed E-state index contributed by atoms with van der Waals surface area (Å²) < 4.78 is 4.29. The minimum absolute atomic E-state index is 0.237. The first-order valence-corrected chi connectivity index (χ1v) is 9.09. The molecular formula is C17H17ClIN5O. The van der Waals surface area contributed by atoms with Crippen molar-refractivity contribution in [2.45, 2.75) is 20.4 Å². The molecule has 130 valence electrons. The molecule has 3 aromatic rings. The number of anilines is 1. The molecular weight excluding hydrogens is 453 g/mol. The number of halogens is 2. The summed E-state index contributed by atoms with van der Waals surface area (Å²) in [6.45, 7) is 4.40. The van der Waals surface area contributed by atoms with Crippen molar-refractivity contribution in [1.29, 1.82) is 0 Å². The van der Waals surface area contributed by atoms with E-state index in [-0.39, 0.29) is 5.91 Å². The first-order valence-electron chi connectivity index (χ1n) is 7.64. The molecule has 0 radical (unpaired) electrons. The standard InChI is InChI=1S/C17H17ClIN5O/c1-10-15(20-17(25)16-14(19)9-23(3)22-16)11(2)24(21-10)8-12-5-4-6-13(18)7-12/h4-7,9H,8H2,1-3H3,(H,20,25). The first kappa shape index (κ1) is 17.9. The molecule has 0 aliphatic rings. The number of rotatable bonds is 4. The third kappa shape index (κ3) is 3.87. The molecule has 1 N–H and O–H groups in total. The van der Waals surface area contributed by atoms with Gasteiger partial charge in [0, 0.05) is 18.3 Å². The number of nitrogens with one attached hydrogen (secondary N) is 1. The number of amides is 1. The van der Waals surface area contributed by atoms with Crippen LogP contribution in [-0.2, 0) is 13.6 Å². The van der Waals surface area contributed by atoms with Gasteiger partial charge in [0.15, 0.2) is 5.69 Å². The van der Waals surface area contributed by atoms with E-state index in [9.17, 15) is 4.79 Å². The molecule has 1 amide bonds. The van der Waals surface area contributed by atoms with Gasteiger partial charge in [-0.05, 0) is 54.1 Å². The van der Waals surface area contributed by atoms with E-state index in [0.29, 0.717) is 22.9 Å². The molecule has 2 aromatic heterocycles. The average molecular weight is 470 g/mol. The van der Waals surface area contributed by atoms with Crippen molar-refractivity contribution in [3.8, 4) is 0 Å². The fraction of sp³-hybridized carbons (Fsp3) is 0.235. The Kier molecular flexibility index (Phi) is 5.14. The molecule has 0 saturated carbocycles. The second-order valence-corrected chi connectivity index (χ2v) is 7.39. The van der Waals surface area contributed by atoms with E-state index in [1.807, 2.05) is 42.8 Å². The topological polar surface area (TPSA) is 64.7 Å². The number of aromatic nitrogens is 4. The van der Waals surface area contributed by atoms with Crippen molar-refractivity contribution >= 4 is 45.8 Å². The predicted octanol–water partition coefficient (Wildman–Crippen LogP) is 3.79. The molecule has 0 saturated heterocycles. The molecule has 25 heavy (non-hydrogen) atoms. The summed E-state index contributed by atoms with van der Waals surface area (Å²) in [6, 6.07) is 7.66. The number of benzene rings is 1. The summed E-state index contributed by atoms with van der Waals surface area (Å²) >= 11 is 8.15. The zero-order valence-electron chi connectivity index (χ0n) is 14.0. The smallest absolute Gasteiger partial charge is 0.277 e. The fourth-order valence-electron chi connectivity index (χ4n) is 2.63. The highest BCUT2D eigenvalue weighted by Crippen LogP contribution is 2.22. The normalized spacial score (nSPS) is 10.9. The Hall–Kier alpha value is -1.87. The summed E-state index contributed by atoms with van der Waals surface area (Å²) in [5, 5.41) is 12.4. The molecule has 2 heterocycles. The van der Waals surface area contributed by atoms with Gasteiger partial charge in [0.05, 0.1) is 27.2 Å². The van der Waals surface area contributed by atoms with Crippen molar-refractivity contribution in [3.63, 3.8) is 0 Å². The van der Waals surface area contributed by atoms with Gasteiger partial charge in [-0.25, -0.2) is 0 Å². The van der Waals surface area contributed by atoms with Gasteiger partial charge in [0.2, 0.25) is 0 Å². The van der Waals surface area contributed by atoms with Crippen LogP contribution in [0, 0.1) is 17.4 Å². The highest BCUT2D eigenvalue weighted by Gasteiger charge is 2.19. The van der Waals surface area contributed by atoms with E-state index < -0.39 is 0 Å². The molecule has 8 heteroatoms. The summed E-state index contributed by atoms with van der Waals surface area (Å²) in [5.41, 5.74) is 3.82. The van der Waals surface area contributed by atoms with E-state index in [2.05, 4.69) is 38.1 Å². The third-order valence-electron chi connectivity index (χ3n) is 3.84. The van der Waals surface area contributed by atoms with Gasteiger partial charge in [-0.3, -0.25) is 14.2 Å². The highest BCUT2D eigenvalue weighted by molar-refractivity contribution is 14.1. The van der Waals surface area contributed by atoms with E-state index in [1.165, 1.54) is 0 Å². The lowest BCUT2D eigenvalue weighted by molar-refractivity contribution is 0.102. The number of hydrogen-bond acceptors (Lipinski definition) is 3. The van der Waals surface area contributed by atoms with Crippen LogP contribution in [-0.4, -0.2) is 25.5 Å². The van der Waals surface area contributed by atoms with Crippen molar-refractivity contribution in [3.05, 3.63) is 61.7 Å². The second kappa shape index (κ2) is 7.17. The van der Waals surface area contributed by atoms with E-state index in [4.69, 9.17) is 11.6 Å². The van der Waals surface area contributed by atoms with E-state index in [1.54, 1.807) is 17.9 Å². The van der Waals surface area contributed by atoms with Crippen LogP contribution in [0.4, 0.5) is 5.69 Å². The van der Waals surface area contributed by atoms with Crippen LogP contribution in [0.1, 0.15) is 27.4 Å². The number of nitrogens with zero attached hydrogens (tertiary/aromatic N) is 4. The molecule has 0 unspecified atom stereocenters. The summed E-state index contributed by atoms with van der Waals surface area (Å²) in [6.07, 6.45) is 1.80. The zero-order chi connectivity index (χ0) is 18.1. The summed E-state index contributed by atoms with van der Waals surface area (Å²) in [5.74, 6) is -0.237. The Morgan fingerprint density at radius 3 is 2.72 bits per heavy atom. The van der Waals surface area contributed by atoms with Gasteiger partial charge < -0.3 is 5.32 Å². The molecule has 3 rings (SSSR count). The van der Waals surface area contributed by atoms with Crippen LogP contribution >= 0.6 is 34.2 Å². The monoisotopic (exact) mass is 469 g/mol. The van der Waals surface area contributed by atoms with Crippen LogP contribution in [0.5, 0.6) is 0 Å². The van der Waals surface area contributed by atoms with Crippen LogP contribution < -0.4 is 5.32 Å². The Morgan fingerprint density at radius 1 is 1.32 bits per heavy atom. The zero-order valence-corrected chi connectivity index (χ0v) is 17.0. The van der Waals surface area contributed by atoms with Crippen LogP contribution in [0.2, 0.25) is 5.02 Å². The molecule has 6 nitrogen and oxygen atoms in total. The Morgan fingerprint density at radius 2 is 2.08 bits per heavy atom. The lowest BCUT2D eigenvalue weighted by Gasteiger charge is -2.07. The maximum atomic E-state index is 12.5. The SMILES string of the molecule is Cc1nn(Cc2cccc(Cl)c2)c(C)c1NC(=O)c1nn(C)cc1I. The third-order valence-corrected chi connectivity index (χ3v) is 4.87. The summed E-state index contributed by atoms with van der Waals surface area (Å²) in [4.78, 5) is 12.5. The fourth-order valence-corrected chi connectivity index (χ4v) is 3.59. The van der Waals surface area contributed by atoms with E-state index >= 15 is 0 Å². The number of hydrogen-bond donors (Lipinski definition) is 1.